The fourth-order valence-corrected chi connectivity index (χ4v) is 4.28. The van der Waals surface area contributed by atoms with Crippen molar-refractivity contribution in [2.75, 3.05) is 18.8 Å². The molecule has 0 atom stereocenters. The average molecular weight is 420 g/mol. The van der Waals surface area contributed by atoms with Gasteiger partial charge >= 0.3 is 0 Å². The summed E-state index contributed by atoms with van der Waals surface area (Å²) in [4.78, 5) is 18.9. The van der Waals surface area contributed by atoms with Gasteiger partial charge in [0.25, 0.3) is 0 Å². The van der Waals surface area contributed by atoms with Crippen LogP contribution in [0.1, 0.15) is 19.3 Å². The first-order valence-corrected chi connectivity index (χ1v) is 10.1. The van der Waals surface area contributed by atoms with Gasteiger partial charge in [0.05, 0.1) is 11.3 Å². The van der Waals surface area contributed by atoms with Crippen molar-refractivity contribution in [3.63, 3.8) is 0 Å². The maximum absolute atomic E-state index is 12.3. The van der Waals surface area contributed by atoms with Crippen LogP contribution >= 0.6 is 27.7 Å². The van der Waals surface area contributed by atoms with Crippen LogP contribution in [-0.2, 0) is 11.8 Å². The third-order valence-corrected chi connectivity index (χ3v) is 5.89. The van der Waals surface area contributed by atoms with E-state index in [1.165, 1.54) is 18.2 Å². The minimum atomic E-state index is 0.161. The van der Waals surface area contributed by atoms with Crippen molar-refractivity contribution >= 4 is 55.7 Å². The molecule has 1 aromatic carbocycles. The van der Waals surface area contributed by atoms with Gasteiger partial charge in [-0.15, -0.1) is 10.2 Å². The number of piperidine rings is 1. The summed E-state index contributed by atoms with van der Waals surface area (Å²) in [6, 6.07) is 6.07. The van der Waals surface area contributed by atoms with Crippen LogP contribution in [-0.4, -0.2) is 49.4 Å². The van der Waals surface area contributed by atoms with Crippen molar-refractivity contribution < 1.29 is 4.79 Å². The second kappa shape index (κ2) is 6.92. The van der Waals surface area contributed by atoms with Gasteiger partial charge in [-0.3, -0.25) is 4.79 Å². The van der Waals surface area contributed by atoms with Crippen molar-refractivity contribution in [3.8, 4) is 0 Å². The molecule has 0 aliphatic carbocycles. The number of nitrogens with zero attached hydrogens (tertiary/aromatic N) is 5. The molecule has 4 rings (SSSR count). The second-order valence-corrected chi connectivity index (χ2v) is 8.08. The Balaban J connectivity index is 1.57. The Morgan fingerprint density at radius 2 is 2.04 bits per heavy atom. The number of aryl methyl sites for hydroxylation is 1. The Morgan fingerprint density at radius 3 is 2.84 bits per heavy atom. The van der Waals surface area contributed by atoms with E-state index in [2.05, 4.69) is 31.1 Å². The molecule has 0 N–H and O–H groups in total. The van der Waals surface area contributed by atoms with E-state index in [0.717, 1.165) is 52.5 Å². The van der Waals surface area contributed by atoms with Gasteiger partial charge in [0.1, 0.15) is 5.52 Å². The highest BCUT2D eigenvalue weighted by molar-refractivity contribution is 9.10. The molecule has 2 aromatic heterocycles. The maximum Gasteiger partial charge on any atom is 0.233 e. The van der Waals surface area contributed by atoms with Gasteiger partial charge in [-0.2, -0.15) is 0 Å². The highest BCUT2D eigenvalue weighted by atomic mass is 79.9. The largest absolute Gasteiger partial charge is 0.342 e. The lowest BCUT2D eigenvalue weighted by Gasteiger charge is -2.26. The van der Waals surface area contributed by atoms with Gasteiger partial charge in [0.15, 0.2) is 5.65 Å². The standard InChI is InChI=1S/C17H18BrN5OS/c1-22-13-6-5-11(18)9-12(13)15-16(22)19-17(21-20-15)25-10-14(24)23-7-3-2-4-8-23/h5-6,9H,2-4,7-8,10H2,1H3. The van der Waals surface area contributed by atoms with E-state index in [0.29, 0.717) is 10.9 Å². The van der Waals surface area contributed by atoms with E-state index in [-0.39, 0.29) is 5.91 Å². The lowest BCUT2D eigenvalue weighted by molar-refractivity contribution is -0.129. The van der Waals surface area contributed by atoms with E-state index >= 15 is 0 Å². The van der Waals surface area contributed by atoms with Crippen molar-refractivity contribution in [2.24, 2.45) is 7.05 Å². The monoisotopic (exact) mass is 419 g/mol. The van der Waals surface area contributed by atoms with Crippen LogP contribution < -0.4 is 0 Å². The number of amides is 1. The Labute approximate surface area is 158 Å². The number of aromatic nitrogens is 4. The van der Waals surface area contributed by atoms with Crippen LogP contribution in [0.5, 0.6) is 0 Å². The molecule has 1 saturated heterocycles. The molecule has 8 heteroatoms. The third-order valence-electron chi connectivity index (χ3n) is 4.58. The van der Waals surface area contributed by atoms with Crippen LogP contribution in [0.15, 0.2) is 27.8 Å². The highest BCUT2D eigenvalue weighted by Gasteiger charge is 2.18. The average Bonchev–Trinajstić information content (AvgIpc) is 2.92. The topological polar surface area (TPSA) is 63.9 Å². The van der Waals surface area contributed by atoms with Gasteiger partial charge in [-0.25, -0.2) is 4.98 Å². The van der Waals surface area contributed by atoms with E-state index in [9.17, 15) is 4.79 Å². The van der Waals surface area contributed by atoms with Crippen LogP contribution in [0, 0.1) is 0 Å². The first kappa shape index (κ1) is 16.8. The summed E-state index contributed by atoms with van der Waals surface area (Å²) in [5, 5.41) is 10.1. The molecule has 1 amide bonds. The predicted octanol–water partition coefficient (Wildman–Crippen LogP) is 3.38. The lowest BCUT2D eigenvalue weighted by Crippen LogP contribution is -2.36. The molecule has 1 aliphatic heterocycles. The predicted molar refractivity (Wildman–Crippen MR) is 103 cm³/mol. The summed E-state index contributed by atoms with van der Waals surface area (Å²) in [6.45, 7) is 1.74. The van der Waals surface area contributed by atoms with Crippen molar-refractivity contribution in [1.29, 1.82) is 0 Å². The molecule has 25 heavy (non-hydrogen) atoms. The first-order valence-electron chi connectivity index (χ1n) is 8.32. The van der Waals surface area contributed by atoms with Gasteiger partial charge in [-0.05, 0) is 37.5 Å². The minimum absolute atomic E-state index is 0.161. The summed E-state index contributed by atoms with van der Waals surface area (Å²) >= 11 is 4.86. The Kier molecular flexibility index (Phi) is 4.64. The van der Waals surface area contributed by atoms with Crippen molar-refractivity contribution in [3.05, 3.63) is 22.7 Å². The number of fused-ring (bicyclic) bond motifs is 3. The van der Waals surface area contributed by atoms with E-state index in [1.807, 2.05) is 34.7 Å². The maximum atomic E-state index is 12.3. The summed E-state index contributed by atoms with van der Waals surface area (Å²) in [7, 11) is 1.97. The van der Waals surface area contributed by atoms with Crippen LogP contribution in [0.2, 0.25) is 0 Å². The van der Waals surface area contributed by atoms with E-state index in [4.69, 9.17) is 0 Å². The van der Waals surface area contributed by atoms with Gasteiger partial charge in [0, 0.05) is 30.0 Å². The molecule has 0 radical (unpaired) electrons. The molecule has 0 spiro atoms. The molecule has 1 aliphatic rings. The summed E-state index contributed by atoms with van der Waals surface area (Å²) in [5.41, 5.74) is 2.63. The molecule has 0 unspecified atom stereocenters. The first-order chi connectivity index (χ1) is 12.1. The number of rotatable bonds is 3. The number of hydrogen-bond acceptors (Lipinski definition) is 5. The Hall–Kier alpha value is -1.67. The fraction of sp³-hybridized carbons (Fsp3) is 0.412. The SMILES string of the molecule is Cn1c2ccc(Br)cc2c2nnc(SCC(=O)N3CCCCC3)nc21. The number of halogens is 1. The molecule has 0 bridgehead atoms. The van der Waals surface area contributed by atoms with Crippen LogP contribution in [0.3, 0.4) is 0 Å². The minimum Gasteiger partial charge on any atom is -0.342 e. The van der Waals surface area contributed by atoms with E-state index in [1.54, 1.807) is 0 Å². The van der Waals surface area contributed by atoms with Crippen molar-refractivity contribution in [2.45, 2.75) is 24.4 Å². The molecule has 6 nitrogen and oxygen atoms in total. The molecular weight excluding hydrogens is 402 g/mol. The zero-order valence-corrected chi connectivity index (χ0v) is 16.3. The molecule has 130 valence electrons. The molecule has 3 aromatic rings. The Bertz CT molecular complexity index is 951. The molecule has 0 saturated carbocycles. The fourth-order valence-electron chi connectivity index (χ4n) is 3.24. The molecule has 1 fully saturated rings. The van der Waals surface area contributed by atoms with Crippen molar-refractivity contribution in [1.82, 2.24) is 24.6 Å². The van der Waals surface area contributed by atoms with Gasteiger partial charge in [0.2, 0.25) is 11.1 Å². The van der Waals surface area contributed by atoms with Gasteiger partial charge in [-0.1, -0.05) is 27.7 Å². The highest BCUT2D eigenvalue weighted by Crippen LogP contribution is 2.28. The number of likely N-dealkylation sites (tertiary alicyclic amines) is 1. The number of hydrogen-bond donors (Lipinski definition) is 0. The Morgan fingerprint density at radius 1 is 1.24 bits per heavy atom. The normalized spacial score (nSPS) is 15.2. The lowest BCUT2D eigenvalue weighted by atomic mass is 10.1. The second-order valence-electron chi connectivity index (χ2n) is 6.22. The summed E-state index contributed by atoms with van der Waals surface area (Å²) in [6.07, 6.45) is 3.43. The number of carbonyl (C=O) groups excluding carboxylic acids is 1. The number of carbonyl (C=O) groups is 1. The summed E-state index contributed by atoms with van der Waals surface area (Å²) < 4.78 is 3.02. The quantitative estimate of drug-likeness (QED) is 0.608. The molecule has 3 heterocycles. The van der Waals surface area contributed by atoms with Crippen LogP contribution in [0.25, 0.3) is 22.1 Å². The molecular formula is C17H18BrN5OS. The summed E-state index contributed by atoms with van der Waals surface area (Å²) in [5.74, 6) is 0.525. The third kappa shape index (κ3) is 3.25. The van der Waals surface area contributed by atoms with Gasteiger partial charge < -0.3 is 9.47 Å². The zero-order chi connectivity index (χ0) is 17.4. The van der Waals surface area contributed by atoms with E-state index < -0.39 is 0 Å². The number of benzene rings is 1. The number of thioether (sulfide) groups is 1. The zero-order valence-electron chi connectivity index (χ0n) is 13.9. The van der Waals surface area contributed by atoms with Crippen LogP contribution in [0.4, 0.5) is 0 Å². The smallest absolute Gasteiger partial charge is 0.233 e.